The second kappa shape index (κ2) is 24.7. The summed E-state index contributed by atoms with van der Waals surface area (Å²) < 4.78 is 0.565. The summed E-state index contributed by atoms with van der Waals surface area (Å²) in [6.45, 7) is 9.96. The second-order valence-corrected chi connectivity index (χ2v) is 12.6. The molecule has 3 N–H and O–H groups in total. The van der Waals surface area contributed by atoms with E-state index in [1.54, 1.807) is 20.8 Å². The maximum Gasteiger partial charge on any atom is 0.306 e. The minimum Gasteiger partial charge on any atom is -0.481 e. The third-order valence-electron chi connectivity index (χ3n) is 8.79. The molecule has 0 amide bonds. The molecule has 0 fully saturated rings. The zero-order chi connectivity index (χ0) is 30.9. The molecule has 7 heteroatoms. The van der Waals surface area contributed by atoms with E-state index in [-0.39, 0.29) is 0 Å². The van der Waals surface area contributed by atoms with Gasteiger partial charge in [-0.2, -0.15) is 0 Å². The van der Waals surface area contributed by atoms with Gasteiger partial charge in [-0.15, -0.1) is 0 Å². The number of hydrogen-bond acceptors (Lipinski definition) is 3. The van der Waals surface area contributed by atoms with Crippen LogP contribution in [-0.2, 0) is 14.4 Å². The van der Waals surface area contributed by atoms with Gasteiger partial charge in [0.25, 0.3) is 0 Å². The molecule has 0 rings (SSSR count). The Hall–Kier alpha value is -1.89. The van der Waals surface area contributed by atoms with Crippen molar-refractivity contribution in [2.24, 2.45) is 17.8 Å². The topological polar surface area (TPSA) is 112 Å². The van der Waals surface area contributed by atoms with Crippen molar-refractivity contribution < 1.29 is 34.2 Å². The first kappa shape index (κ1) is 39.1. The Bertz CT molecular complexity index is 662. The van der Waals surface area contributed by atoms with E-state index in [2.05, 4.69) is 19.1 Å². The number of aliphatic carboxylic acids is 3. The van der Waals surface area contributed by atoms with Crippen molar-refractivity contribution in [3.63, 3.8) is 0 Å². The van der Waals surface area contributed by atoms with Crippen LogP contribution in [0.5, 0.6) is 0 Å². The molecule has 3 atom stereocenters. The maximum absolute atomic E-state index is 11.5. The normalized spacial score (nSPS) is 15.4. The summed E-state index contributed by atoms with van der Waals surface area (Å²) >= 11 is 0. The highest BCUT2D eigenvalue weighted by Crippen LogP contribution is 2.21. The summed E-state index contributed by atoms with van der Waals surface area (Å²) in [6, 6.07) is 0. The van der Waals surface area contributed by atoms with Crippen LogP contribution in [0.3, 0.4) is 0 Å². The molecule has 0 spiro atoms. The van der Waals surface area contributed by atoms with Gasteiger partial charge in [0, 0.05) is 25.7 Å². The number of carboxylic acids is 3. The lowest BCUT2D eigenvalue weighted by molar-refractivity contribution is -0.929. The van der Waals surface area contributed by atoms with Crippen LogP contribution < -0.4 is 0 Å². The number of carboxylic acid groups (broad SMARTS) is 3. The molecule has 0 bridgehead atoms. The number of rotatable bonds is 29. The van der Waals surface area contributed by atoms with Crippen LogP contribution in [0.2, 0.25) is 0 Å². The highest BCUT2D eigenvalue weighted by Gasteiger charge is 2.31. The number of carbonyl (C=O) groups is 3. The molecule has 0 aliphatic carbocycles. The fourth-order valence-electron chi connectivity index (χ4n) is 5.31. The Kier molecular flexibility index (Phi) is 23.5. The smallest absolute Gasteiger partial charge is 0.306 e. The van der Waals surface area contributed by atoms with Crippen molar-refractivity contribution in [2.75, 3.05) is 26.2 Å². The minimum atomic E-state index is -0.835. The lowest BCUT2D eigenvalue weighted by Crippen LogP contribution is -2.52. The van der Waals surface area contributed by atoms with Gasteiger partial charge in [0.15, 0.2) is 0 Å². The predicted molar refractivity (Wildman–Crippen MR) is 168 cm³/mol. The fourth-order valence-corrected chi connectivity index (χ4v) is 5.31. The molecule has 0 saturated heterocycles. The average Bonchev–Trinajstić information content (AvgIpc) is 2.94. The zero-order valence-electron chi connectivity index (χ0n) is 27.0. The lowest BCUT2D eigenvalue weighted by Gasteiger charge is -2.40. The summed E-state index contributed by atoms with van der Waals surface area (Å²) in [7, 11) is 0. The Morgan fingerprint density at radius 3 is 1.17 bits per heavy atom. The number of allylic oxidation sites excluding steroid dienone is 1. The standard InChI is InChI=1S/C34H63NO6/c1-5-6-7-8-9-10-11-12-13-14-15-16-17-18-19-20-21-25-35(26-22-29(2)32(36)37,27-23-30(3)33(38)39)28-24-31(4)34(40)41/h19-20,29-31H,5-18,21-28H2,1-4H3,(H2-,36,37,38,39,40,41)/p+1/b20-19+. The molecule has 0 heterocycles. The third-order valence-corrected chi connectivity index (χ3v) is 8.79. The van der Waals surface area contributed by atoms with Crippen molar-refractivity contribution in [3.05, 3.63) is 12.2 Å². The summed E-state index contributed by atoms with van der Waals surface area (Å²) in [5.74, 6) is -3.98. The molecule has 0 aromatic rings. The molecule has 3 unspecified atom stereocenters. The predicted octanol–water partition coefficient (Wildman–Crippen LogP) is 8.56. The van der Waals surface area contributed by atoms with Crippen LogP contribution in [0.15, 0.2) is 12.2 Å². The van der Waals surface area contributed by atoms with Crippen molar-refractivity contribution in [2.45, 2.75) is 143 Å². The van der Waals surface area contributed by atoms with E-state index in [1.807, 2.05) is 0 Å². The number of unbranched alkanes of at least 4 members (excludes halogenated alkanes) is 13. The van der Waals surface area contributed by atoms with Gasteiger partial charge in [0.2, 0.25) is 0 Å². The van der Waals surface area contributed by atoms with E-state index in [1.165, 1.54) is 83.5 Å². The highest BCUT2D eigenvalue weighted by atomic mass is 16.4. The average molecular weight is 583 g/mol. The van der Waals surface area contributed by atoms with Gasteiger partial charge in [0.05, 0.1) is 43.9 Å². The number of hydrogen-bond donors (Lipinski definition) is 3. The molecular formula is C34H64NO6+. The van der Waals surface area contributed by atoms with Crippen LogP contribution in [0.4, 0.5) is 0 Å². The lowest BCUT2D eigenvalue weighted by atomic mass is 10.0. The summed E-state index contributed by atoms with van der Waals surface area (Å²) in [5, 5.41) is 28.3. The van der Waals surface area contributed by atoms with Crippen LogP contribution in [0, 0.1) is 17.8 Å². The molecule has 0 aromatic carbocycles. The molecule has 7 nitrogen and oxygen atoms in total. The van der Waals surface area contributed by atoms with Gasteiger partial charge in [-0.3, -0.25) is 14.4 Å². The zero-order valence-corrected chi connectivity index (χ0v) is 27.0. The first-order chi connectivity index (χ1) is 19.5. The molecular weight excluding hydrogens is 518 g/mol. The van der Waals surface area contributed by atoms with E-state index in [0.29, 0.717) is 43.4 Å². The monoisotopic (exact) mass is 582 g/mol. The summed E-state index contributed by atoms with van der Waals surface area (Å²) in [4.78, 5) is 34.4. The van der Waals surface area contributed by atoms with E-state index in [4.69, 9.17) is 0 Å². The number of nitrogens with zero attached hydrogens (tertiary/aromatic N) is 1. The molecule has 240 valence electrons. The van der Waals surface area contributed by atoms with E-state index < -0.39 is 35.7 Å². The van der Waals surface area contributed by atoms with Crippen LogP contribution in [0.1, 0.15) is 143 Å². The van der Waals surface area contributed by atoms with Crippen molar-refractivity contribution in [3.8, 4) is 0 Å². The van der Waals surface area contributed by atoms with Gasteiger partial charge in [-0.1, -0.05) is 117 Å². The van der Waals surface area contributed by atoms with Crippen LogP contribution >= 0.6 is 0 Å². The summed E-state index contributed by atoms with van der Waals surface area (Å²) in [6.07, 6.45) is 25.3. The fraction of sp³-hybridized carbons (Fsp3) is 0.853. The van der Waals surface area contributed by atoms with Crippen molar-refractivity contribution in [1.29, 1.82) is 0 Å². The van der Waals surface area contributed by atoms with Crippen LogP contribution in [-0.4, -0.2) is 63.9 Å². The van der Waals surface area contributed by atoms with E-state index in [0.717, 1.165) is 19.4 Å². The van der Waals surface area contributed by atoms with E-state index in [9.17, 15) is 29.7 Å². The Labute approximate surface area is 251 Å². The molecule has 0 aliphatic rings. The highest BCUT2D eigenvalue weighted by molar-refractivity contribution is 5.70. The van der Waals surface area contributed by atoms with Crippen LogP contribution in [0.25, 0.3) is 0 Å². The molecule has 41 heavy (non-hydrogen) atoms. The minimum absolute atomic E-state index is 0.487. The Balaban J connectivity index is 4.65. The summed E-state index contributed by atoms with van der Waals surface area (Å²) in [5.41, 5.74) is 0. The van der Waals surface area contributed by atoms with Crippen molar-refractivity contribution in [1.82, 2.24) is 0 Å². The molecule has 0 aliphatic heterocycles. The first-order valence-electron chi connectivity index (χ1n) is 16.7. The first-order valence-corrected chi connectivity index (χ1v) is 16.7. The van der Waals surface area contributed by atoms with Gasteiger partial charge in [-0.05, 0) is 12.8 Å². The Morgan fingerprint density at radius 1 is 0.512 bits per heavy atom. The maximum atomic E-state index is 11.5. The second-order valence-electron chi connectivity index (χ2n) is 12.6. The Morgan fingerprint density at radius 2 is 0.829 bits per heavy atom. The molecule has 0 saturated carbocycles. The van der Waals surface area contributed by atoms with E-state index >= 15 is 0 Å². The van der Waals surface area contributed by atoms with Gasteiger partial charge < -0.3 is 19.8 Å². The van der Waals surface area contributed by atoms with Crippen molar-refractivity contribution >= 4 is 17.9 Å². The van der Waals surface area contributed by atoms with Gasteiger partial charge in [-0.25, -0.2) is 0 Å². The van der Waals surface area contributed by atoms with Gasteiger partial charge >= 0.3 is 17.9 Å². The molecule has 0 aromatic heterocycles. The quantitative estimate of drug-likeness (QED) is 0.0463. The largest absolute Gasteiger partial charge is 0.481 e. The number of quaternary nitrogens is 1. The SMILES string of the molecule is CCCCCCCCCCCCCCC/C=C/CC[N+](CCC(C)C(=O)O)(CCC(C)C(=O)O)CCC(C)C(=O)O. The van der Waals surface area contributed by atoms with Gasteiger partial charge in [0.1, 0.15) is 0 Å². The molecule has 0 radical (unpaired) electrons. The third kappa shape index (κ3) is 21.5.